The van der Waals surface area contributed by atoms with Crippen LogP contribution in [-0.4, -0.2) is 42.5 Å². The Kier molecular flexibility index (Phi) is 8.16. The minimum atomic E-state index is -1.20. The molecule has 0 radical (unpaired) electrons. The number of carbonyl (C=O) groups is 3. The monoisotopic (exact) mass is 324 g/mol. The van der Waals surface area contributed by atoms with Gasteiger partial charge in [0.1, 0.15) is 12.6 Å². The first kappa shape index (κ1) is 18.4. The number of rotatable bonds is 8. The highest BCUT2D eigenvalue weighted by Crippen LogP contribution is 2.00. The maximum atomic E-state index is 11.7. The van der Waals surface area contributed by atoms with E-state index in [1.54, 1.807) is 31.2 Å². The van der Waals surface area contributed by atoms with Crippen molar-refractivity contribution in [2.45, 2.75) is 26.0 Å². The Balaban J connectivity index is 2.34. The number of alkyl carbamates (subject to hydrolysis) is 1. The molecule has 1 aromatic rings. The van der Waals surface area contributed by atoms with Gasteiger partial charge in [0, 0.05) is 6.42 Å². The van der Waals surface area contributed by atoms with Crippen LogP contribution in [0.2, 0.25) is 0 Å². The van der Waals surface area contributed by atoms with Crippen molar-refractivity contribution >= 4 is 18.0 Å². The number of carbonyl (C=O) groups excluding carboxylic acids is 3. The zero-order valence-electron chi connectivity index (χ0n) is 12.8. The molecule has 0 aliphatic heterocycles. The smallest absolute Gasteiger partial charge is 0.408 e. The van der Waals surface area contributed by atoms with Gasteiger partial charge in [0.05, 0.1) is 6.61 Å². The maximum absolute atomic E-state index is 11.7. The summed E-state index contributed by atoms with van der Waals surface area (Å²) in [5.41, 5.74) is 0.791. The van der Waals surface area contributed by atoms with Crippen LogP contribution in [-0.2, 0) is 25.7 Å². The Morgan fingerprint density at radius 2 is 1.87 bits per heavy atom. The Morgan fingerprint density at radius 1 is 1.17 bits per heavy atom. The summed E-state index contributed by atoms with van der Waals surface area (Å²) in [5.74, 6) is -1.16. The fraction of sp³-hybridized carbons (Fsp3) is 0.400. The first-order chi connectivity index (χ1) is 11.1. The number of esters is 1. The van der Waals surface area contributed by atoms with E-state index in [0.29, 0.717) is 0 Å². The van der Waals surface area contributed by atoms with E-state index in [2.05, 4.69) is 15.4 Å². The Morgan fingerprint density at radius 3 is 2.48 bits per heavy atom. The van der Waals surface area contributed by atoms with Crippen LogP contribution in [0.4, 0.5) is 4.79 Å². The molecule has 126 valence electrons. The van der Waals surface area contributed by atoms with Gasteiger partial charge in [-0.05, 0) is 5.56 Å². The second-order valence-corrected chi connectivity index (χ2v) is 4.50. The van der Waals surface area contributed by atoms with Gasteiger partial charge in [-0.1, -0.05) is 37.3 Å². The van der Waals surface area contributed by atoms with E-state index < -0.39 is 30.6 Å². The van der Waals surface area contributed by atoms with Crippen LogP contribution in [0.5, 0.6) is 0 Å². The van der Waals surface area contributed by atoms with E-state index in [1.165, 1.54) is 0 Å². The van der Waals surface area contributed by atoms with Crippen molar-refractivity contribution < 1.29 is 29.0 Å². The molecule has 0 unspecified atom stereocenters. The molecular weight excluding hydrogens is 304 g/mol. The molecular formula is C15H20N2O6. The predicted octanol–water partition coefficient (Wildman–Crippen LogP) is 0.301. The van der Waals surface area contributed by atoms with Crippen LogP contribution >= 0.6 is 0 Å². The number of amides is 2. The Labute approximate surface area is 133 Å². The average Bonchev–Trinajstić information content (AvgIpc) is 2.58. The molecule has 1 atom stereocenters. The zero-order chi connectivity index (χ0) is 17.1. The van der Waals surface area contributed by atoms with Crippen LogP contribution in [0.3, 0.4) is 0 Å². The van der Waals surface area contributed by atoms with Gasteiger partial charge in [-0.2, -0.15) is 0 Å². The van der Waals surface area contributed by atoms with E-state index in [0.717, 1.165) is 5.56 Å². The second-order valence-electron chi connectivity index (χ2n) is 4.50. The zero-order valence-corrected chi connectivity index (χ0v) is 12.8. The third-order valence-electron chi connectivity index (χ3n) is 2.77. The van der Waals surface area contributed by atoms with Crippen LogP contribution in [0, 0.1) is 0 Å². The molecule has 2 amide bonds. The highest BCUT2D eigenvalue weighted by molar-refractivity contribution is 5.85. The number of hydrogen-bond acceptors (Lipinski definition) is 6. The summed E-state index contributed by atoms with van der Waals surface area (Å²) in [6, 6.07) is 7.81. The van der Waals surface area contributed by atoms with E-state index >= 15 is 0 Å². The molecule has 1 rings (SSSR count). The van der Waals surface area contributed by atoms with E-state index in [1.807, 2.05) is 6.07 Å². The van der Waals surface area contributed by atoms with Crippen LogP contribution in [0.15, 0.2) is 30.3 Å². The lowest BCUT2D eigenvalue weighted by atomic mass is 10.2. The topological polar surface area (TPSA) is 114 Å². The van der Waals surface area contributed by atoms with Crippen molar-refractivity contribution in [3.8, 4) is 0 Å². The van der Waals surface area contributed by atoms with Crippen LogP contribution in [0.25, 0.3) is 0 Å². The Bertz CT molecular complexity index is 520. The van der Waals surface area contributed by atoms with Crippen molar-refractivity contribution in [2.24, 2.45) is 0 Å². The molecule has 0 fully saturated rings. The summed E-state index contributed by atoms with van der Waals surface area (Å²) in [6.45, 7) is 0.711. The third kappa shape index (κ3) is 7.28. The largest absolute Gasteiger partial charge is 0.445 e. The number of aliphatic hydroxyl groups excluding tert-OH is 1. The molecule has 0 bridgehead atoms. The molecule has 0 aliphatic carbocycles. The van der Waals surface area contributed by atoms with E-state index in [9.17, 15) is 14.4 Å². The number of ether oxygens (including phenoxy) is 2. The van der Waals surface area contributed by atoms with Crippen molar-refractivity contribution in [3.63, 3.8) is 0 Å². The lowest BCUT2D eigenvalue weighted by Crippen LogP contribution is -2.49. The van der Waals surface area contributed by atoms with E-state index in [-0.39, 0.29) is 19.8 Å². The first-order valence-corrected chi connectivity index (χ1v) is 7.08. The van der Waals surface area contributed by atoms with E-state index in [4.69, 9.17) is 9.84 Å². The number of nitrogens with one attached hydrogen (secondary N) is 2. The molecule has 1 aromatic carbocycles. The molecule has 0 aliphatic rings. The summed E-state index contributed by atoms with van der Waals surface area (Å²) in [5, 5.41) is 13.6. The van der Waals surface area contributed by atoms with Gasteiger partial charge >= 0.3 is 12.1 Å². The Hall–Kier alpha value is -2.61. The highest BCUT2D eigenvalue weighted by Gasteiger charge is 2.20. The molecule has 0 spiro atoms. The lowest BCUT2D eigenvalue weighted by Gasteiger charge is -2.16. The van der Waals surface area contributed by atoms with Crippen molar-refractivity contribution in [2.75, 3.05) is 13.3 Å². The molecule has 0 saturated heterocycles. The number of benzene rings is 1. The normalized spacial score (nSPS) is 11.2. The highest BCUT2D eigenvalue weighted by atomic mass is 16.6. The van der Waals surface area contributed by atoms with Gasteiger partial charge < -0.3 is 25.2 Å². The summed E-state index contributed by atoms with van der Waals surface area (Å²) in [6.07, 6.45) is -0.655. The summed E-state index contributed by atoms with van der Waals surface area (Å²) in [4.78, 5) is 34.2. The predicted molar refractivity (Wildman–Crippen MR) is 80.0 cm³/mol. The van der Waals surface area contributed by atoms with Crippen molar-refractivity contribution in [1.82, 2.24) is 10.6 Å². The molecule has 8 heteroatoms. The fourth-order valence-corrected chi connectivity index (χ4v) is 1.51. The SMILES string of the molecule is CCC(=O)OCNC(=O)[C@@H](CO)NC(=O)OCc1ccccc1. The minimum absolute atomic E-state index is 0.0422. The maximum Gasteiger partial charge on any atom is 0.408 e. The summed E-state index contributed by atoms with van der Waals surface area (Å²) in [7, 11) is 0. The molecule has 3 N–H and O–H groups in total. The molecule has 0 saturated carbocycles. The van der Waals surface area contributed by atoms with Gasteiger partial charge in [0.2, 0.25) is 5.91 Å². The minimum Gasteiger partial charge on any atom is -0.445 e. The molecule has 23 heavy (non-hydrogen) atoms. The van der Waals surface area contributed by atoms with Gasteiger partial charge in [-0.15, -0.1) is 0 Å². The number of hydrogen-bond donors (Lipinski definition) is 3. The molecule has 8 nitrogen and oxygen atoms in total. The van der Waals surface area contributed by atoms with Gasteiger partial charge in [0.15, 0.2) is 6.73 Å². The fourth-order valence-electron chi connectivity index (χ4n) is 1.51. The summed E-state index contributed by atoms with van der Waals surface area (Å²) >= 11 is 0. The lowest BCUT2D eigenvalue weighted by molar-refractivity contribution is -0.145. The molecule has 0 heterocycles. The van der Waals surface area contributed by atoms with Gasteiger partial charge in [0.25, 0.3) is 0 Å². The van der Waals surface area contributed by atoms with Gasteiger partial charge in [-0.25, -0.2) is 4.79 Å². The van der Waals surface area contributed by atoms with Gasteiger partial charge in [-0.3, -0.25) is 9.59 Å². The van der Waals surface area contributed by atoms with Crippen molar-refractivity contribution in [3.05, 3.63) is 35.9 Å². The first-order valence-electron chi connectivity index (χ1n) is 7.08. The number of aliphatic hydroxyl groups is 1. The second kappa shape index (κ2) is 10.2. The third-order valence-corrected chi connectivity index (χ3v) is 2.77. The average molecular weight is 324 g/mol. The van der Waals surface area contributed by atoms with Crippen molar-refractivity contribution in [1.29, 1.82) is 0 Å². The standard InChI is InChI=1S/C15H20N2O6/c1-2-13(19)23-10-16-14(20)12(8-18)17-15(21)22-9-11-6-4-3-5-7-11/h3-7,12,18H,2,8-10H2,1H3,(H,16,20)(H,17,21)/t12-/m1/s1. The van der Waals surface area contributed by atoms with Crippen LogP contribution in [0.1, 0.15) is 18.9 Å². The van der Waals surface area contributed by atoms with Crippen LogP contribution < -0.4 is 10.6 Å². The quantitative estimate of drug-likeness (QED) is 0.468. The summed E-state index contributed by atoms with van der Waals surface area (Å²) < 4.78 is 9.61. The molecule has 0 aromatic heterocycles.